The summed E-state index contributed by atoms with van der Waals surface area (Å²) in [7, 11) is 0. The molecule has 0 saturated heterocycles. The van der Waals surface area contributed by atoms with Crippen LogP contribution in [0, 0.1) is 0 Å². The maximum Gasteiger partial charge on any atom is 0.174 e. The average molecular weight is 217 g/mol. The van der Waals surface area contributed by atoms with Gasteiger partial charge in [-0.1, -0.05) is 30.3 Å². The van der Waals surface area contributed by atoms with E-state index < -0.39 is 0 Å². The highest BCUT2D eigenvalue weighted by atomic mass is 15.6. The van der Waals surface area contributed by atoms with Gasteiger partial charge < -0.3 is 5.73 Å². The number of hydrogen-bond donors (Lipinski definition) is 1. The van der Waals surface area contributed by atoms with Crippen molar-refractivity contribution < 1.29 is 0 Å². The Morgan fingerprint density at radius 3 is 2.75 bits per heavy atom. The molecular formula is C11H15N5. The largest absolute Gasteiger partial charge is 0.330 e. The zero-order valence-electron chi connectivity index (χ0n) is 9.08. The molecule has 1 aromatic carbocycles. The molecule has 0 aliphatic heterocycles. The van der Waals surface area contributed by atoms with Crippen molar-refractivity contribution in [2.45, 2.75) is 19.4 Å². The third-order valence-corrected chi connectivity index (χ3v) is 2.27. The van der Waals surface area contributed by atoms with E-state index in [-0.39, 0.29) is 0 Å². The lowest BCUT2D eigenvalue weighted by molar-refractivity contribution is 0.569. The first-order chi connectivity index (χ1) is 7.88. The Morgan fingerprint density at radius 2 is 2.00 bits per heavy atom. The van der Waals surface area contributed by atoms with Crippen LogP contribution in [-0.4, -0.2) is 26.8 Å². The summed E-state index contributed by atoms with van der Waals surface area (Å²) in [6, 6.07) is 10.1. The number of aryl methyl sites for hydroxylation is 1. The maximum absolute atomic E-state index is 5.42. The number of nitrogens with zero attached hydrogens (tertiary/aromatic N) is 4. The van der Waals surface area contributed by atoms with Crippen LogP contribution >= 0.6 is 0 Å². The normalized spacial score (nSPS) is 10.6. The highest BCUT2D eigenvalue weighted by Gasteiger charge is 2.02. The summed E-state index contributed by atoms with van der Waals surface area (Å²) in [5.74, 6) is 0.765. The Morgan fingerprint density at radius 1 is 1.19 bits per heavy atom. The van der Waals surface area contributed by atoms with Crippen LogP contribution < -0.4 is 5.73 Å². The molecule has 16 heavy (non-hydrogen) atoms. The van der Waals surface area contributed by atoms with Crippen molar-refractivity contribution in [3.63, 3.8) is 0 Å². The average Bonchev–Trinajstić information content (AvgIpc) is 2.75. The van der Waals surface area contributed by atoms with Crippen molar-refractivity contribution in [3.8, 4) is 0 Å². The summed E-state index contributed by atoms with van der Waals surface area (Å²) in [5, 5.41) is 12.3. The summed E-state index contributed by atoms with van der Waals surface area (Å²) < 4.78 is 0. The molecule has 0 spiro atoms. The third-order valence-electron chi connectivity index (χ3n) is 2.27. The molecule has 1 heterocycles. The van der Waals surface area contributed by atoms with E-state index in [9.17, 15) is 0 Å². The van der Waals surface area contributed by atoms with Crippen molar-refractivity contribution in [3.05, 3.63) is 41.7 Å². The zero-order valence-corrected chi connectivity index (χ0v) is 9.08. The smallest absolute Gasteiger partial charge is 0.174 e. The van der Waals surface area contributed by atoms with Gasteiger partial charge in [-0.3, -0.25) is 0 Å². The van der Waals surface area contributed by atoms with Gasteiger partial charge in [0.1, 0.15) is 0 Å². The Bertz CT molecular complexity index is 423. The van der Waals surface area contributed by atoms with E-state index >= 15 is 0 Å². The van der Waals surface area contributed by atoms with Crippen molar-refractivity contribution in [1.82, 2.24) is 20.2 Å². The quantitative estimate of drug-likeness (QED) is 0.796. The number of rotatable bonds is 5. The Labute approximate surface area is 94.3 Å². The van der Waals surface area contributed by atoms with Gasteiger partial charge >= 0.3 is 0 Å². The molecule has 5 nitrogen and oxygen atoms in total. The molecule has 0 saturated carbocycles. The van der Waals surface area contributed by atoms with Crippen LogP contribution in [0.2, 0.25) is 0 Å². The molecule has 0 unspecified atom stereocenters. The second-order valence-electron chi connectivity index (χ2n) is 3.61. The summed E-state index contributed by atoms with van der Waals surface area (Å²) in [6.45, 7) is 1.32. The number of nitrogens with two attached hydrogens (primary N) is 1. The van der Waals surface area contributed by atoms with Crippen LogP contribution in [0.5, 0.6) is 0 Å². The summed E-state index contributed by atoms with van der Waals surface area (Å²) in [4.78, 5) is 1.61. The van der Waals surface area contributed by atoms with Gasteiger partial charge in [0.25, 0.3) is 0 Å². The molecule has 0 fully saturated rings. The van der Waals surface area contributed by atoms with Gasteiger partial charge in [-0.25, -0.2) is 0 Å². The number of benzene rings is 1. The highest BCUT2D eigenvalue weighted by Crippen LogP contribution is 2.00. The van der Waals surface area contributed by atoms with Crippen LogP contribution in [-0.2, 0) is 13.0 Å². The van der Waals surface area contributed by atoms with E-state index in [4.69, 9.17) is 5.73 Å². The van der Waals surface area contributed by atoms with E-state index in [1.165, 1.54) is 5.56 Å². The molecule has 2 aromatic rings. The Kier molecular flexibility index (Phi) is 3.61. The third kappa shape index (κ3) is 2.87. The van der Waals surface area contributed by atoms with Crippen molar-refractivity contribution in [2.75, 3.05) is 6.54 Å². The number of aromatic nitrogens is 4. The predicted octanol–water partition coefficient (Wildman–Crippen LogP) is 0.613. The summed E-state index contributed by atoms with van der Waals surface area (Å²) >= 11 is 0. The molecular weight excluding hydrogens is 202 g/mol. The lowest BCUT2D eigenvalue weighted by Crippen LogP contribution is -2.05. The minimum Gasteiger partial charge on any atom is -0.330 e. The second-order valence-corrected chi connectivity index (χ2v) is 3.61. The van der Waals surface area contributed by atoms with E-state index in [0.717, 1.165) is 18.7 Å². The standard InChI is InChI=1S/C11H15N5/c12-8-4-7-11-13-15-16(14-11)9-10-5-2-1-3-6-10/h1-3,5-6H,4,7-9,12H2. The topological polar surface area (TPSA) is 69.6 Å². The van der Waals surface area contributed by atoms with Crippen molar-refractivity contribution in [2.24, 2.45) is 5.73 Å². The van der Waals surface area contributed by atoms with E-state index in [2.05, 4.69) is 15.4 Å². The molecule has 0 amide bonds. The number of hydrogen-bond acceptors (Lipinski definition) is 4. The van der Waals surface area contributed by atoms with E-state index in [1.807, 2.05) is 30.3 Å². The molecule has 0 radical (unpaired) electrons. The fourth-order valence-electron chi connectivity index (χ4n) is 1.45. The first-order valence-electron chi connectivity index (χ1n) is 5.39. The summed E-state index contributed by atoms with van der Waals surface area (Å²) in [5.41, 5.74) is 6.60. The minimum absolute atomic E-state index is 0.660. The van der Waals surface area contributed by atoms with Gasteiger partial charge in [0, 0.05) is 6.42 Å². The van der Waals surface area contributed by atoms with Gasteiger partial charge in [0.2, 0.25) is 0 Å². The number of tetrazole rings is 1. The molecule has 5 heteroatoms. The van der Waals surface area contributed by atoms with Crippen molar-refractivity contribution in [1.29, 1.82) is 0 Å². The molecule has 0 aliphatic rings. The molecule has 2 rings (SSSR count). The van der Waals surface area contributed by atoms with Crippen molar-refractivity contribution >= 4 is 0 Å². The predicted molar refractivity (Wildman–Crippen MR) is 60.7 cm³/mol. The highest BCUT2D eigenvalue weighted by molar-refractivity contribution is 5.14. The monoisotopic (exact) mass is 217 g/mol. The van der Waals surface area contributed by atoms with Gasteiger partial charge in [-0.2, -0.15) is 4.80 Å². The van der Waals surface area contributed by atoms with E-state index in [1.54, 1.807) is 4.80 Å². The Balaban J connectivity index is 1.97. The summed E-state index contributed by atoms with van der Waals surface area (Å²) in [6.07, 6.45) is 1.70. The molecule has 0 bridgehead atoms. The van der Waals surface area contributed by atoms with Crippen LogP contribution in [0.4, 0.5) is 0 Å². The van der Waals surface area contributed by atoms with Crippen LogP contribution in [0.1, 0.15) is 17.8 Å². The lowest BCUT2D eigenvalue weighted by atomic mass is 10.2. The fraction of sp³-hybridized carbons (Fsp3) is 0.364. The molecule has 0 atom stereocenters. The molecule has 84 valence electrons. The fourth-order valence-corrected chi connectivity index (χ4v) is 1.45. The maximum atomic E-state index is 5.42. The van der Waals surface area contributed by atoms with Gasteiger partial charge in [-0.05, 0) is 23.7 Å². The first-order valence-corrected chi connectivity index (χ1v) is 5.39. The van der Waals surface area contributed by atoms with Crippen LogP contribution in [0.15, 0.2) is 30.3 Å². The molecule has 0 aliphatic carbocycles. The lowest BCUT2D eigenvalue weighted by Gasteiger charge is -1.97. The molecule has 1 aromatic heterocycles. The minimum atomic E-state index is 0.660. The van der Waals surface area contributed by atoms with Gasteiger partial charge in [0.05, 0.1) is 6.54 Å². The SMILES string of the molecule is NCCCc1nnn(Cc2ccccc2)n1. The van der Waals surface area contributed by atoms with E-state index in [0.29, 0.717) is 13.1 Å². The van der Waals surface area contributed by atoms with Gasteiger partial charge in [0.15, 0.2) is 5.82 Å². The van der Waals surface area contributed by atoms with Crippen LogP contribution in [0.25, 0.3) is 0 Å². The van der Waals surface area contributed by atoms with Crippen LogP contribution in [0.3, 0.4) is 0 Å². The van der Waals surface area contributed by atoms with Gasteiger partial charge in [-0.15, -0.1) is 10.2 Å². The first kappa shape index (κ1) is 10.8. The second kappa shape index (κ2) is 5.37. The zero-order chi connectivity index (χ0) is 11.2. The molecule has 2 N–H and O–H groups in total. The Hall–Kier alpha value is -1.75.